The van der Waals surface area contributed by atoms with Crippen molar-refractivity contribution < 1.29 is 18.0 Å². The van der Waals surface area contributed by atoms with Crippen LogP contribution in [0, 0.1) is 0 Å². The third-order valence-corrected chi connectivity index (χ3v) is 1.80. The van der Waals surface area contributed by atoms with Gasteiger partial charge in [0.05, 0.1) is 18.8 Å². The van der Waals surface area contributed by atoms with Crippen LogP contribution in [0.5, 0.6) is 0 Å². The van der Waals surface area contributed by atoms with Crippen molar-refractivity contribution in [2.75, 3.05) is 5.73 Å². The lowest BCUT2D eigenvalue weighted by Crippen LogP contribution is -2.36. The summed E-state index contributed by atoms with van der Waals surface area (Å²) in [6.45, 7) is 1.26. The lowest BCUT2D eigenvalue weighted by molar-refractivity contribution is -0.138. The van der Waals surface area contributed by atoms with Crippen LogP contribution in [-0.4, -0.2) is 28.1 Å². The highest BCUT2D eigenvalue weighted by atomic mass is 19.4. The van der Waals surface area contributed by atoms with Gasteiger partial charge in [-0.25, -0.2) is 4.98 Å². The summed E-state index contributed by atoms with van der Waals surface area (Å²) < 4.78 is 36.1. The Bertz CT molecular complexity index is 407. The number of anilines is 1. The second-order valence-electron chi connectivity index (χ2n) is 3.52. The molecule has 94 valence electrons. The van der Waals surface area contributed by atoms with Crippen molar-refractivity contribution in [2.24, 2.45) is 0 Å². The van der Waals surface area contributed by atoms with Crippen LogP contribution in [0.15, 0.2) is 12.4 Å². The summed E-state index contributed by atoms with van der Waals surface area (Å²) in [5, 5.41) is 2.16. The van der Waals surface area contributed by atoms with Gasteiger partial charge < -0.3 is 11.1 Å². The minimum Gasteiger partial charge on any atom is -0.382 e. The van der Waals surface area contributed by atoms with E-state index in [4.69, 9.17) is 5.73 Å². The molecule has 0 aliphatic heterocycles. The highest BCUT2D eigenvalue weighted by Gasteiger charge is 2.30. The van der Waals surface area contributed by atoms with E-state index in [1.165, 1.54) is 13.1 Å². The topological polar surface area (TPSA) is 80.9 Å². The molecule has 0 bridgehead atoms. The van der Waals surface area contributed by atoms with E-state index in [0.29, 0.717) is 0 Å². The zero-order chi connectivity index (χ0) is 13.1. The number of carbonyl (C=O) groups excluding carboxylic acids is 1. The number of nitrogen functional groups attached to an aromatic ring is 1. The van der Waals surface area contributed by atoms with E-state index < -0.39 is 24.5 Å². The van der Waals surface area contributed by atoms with Gasteiger partial charge in [-0.3, -0.25) is 9.78 Å². The number of carbonyl (C=O) groups is 1. The fourth-order valence-corrected chi connectivity index (χ4v) is 1.19. The van der Waals surface area contributed by atoms with Crippen molar-refractivity contribution in [1.29, 1.82) is 0 Å². The number of nitrogens with zero attached hydrogens (tertiary/aromatic N) is 2. The number of amides is 1. The maximum absolute atomic E-state index is 12.0. The Balaban J connectivity index is 2.61. The molecule has 0 aliphatic carbocycles. The zero-order valence-corrected chi connectivity index (χ0v) is 8.95. The molecule has 1 heterocycles. The predicted octanol–water partition coefficient (Wildman–Crippen LogP) is 1.13. The first-order chi connectivity index (χ1) is 7.78. The van der Waals surface area contributed by atoms with Crippen molar-refractivity contribution in [1.82, 2.24) is 15.3 Å². The molecule has 0 aliphatic rings. The van der Waals surface area contributed by atoms with E-state index in [9.17, 15) is 18.0 Å². The summed E-state index contributed by atoms with van der Waals surface area (Å²) in [5.41, 5.74) is 5.18. The molecule has 0 spiro atoms. The third-order valence-electron chi connectivity index (χ3n) is 1.80. The molecule has 0 fully saturated rings. The van der Waals surface area contributed by atoms with Gasteiger partial charge in [0, 0.05) is 6.04 Å². The van der Waals surface area contributed by atoms with E-state index in [2.05, 4.69) is 15.3 Å². The lowest BCUT2D eigenvalue weighted by Gasteiger charge is -2.15. The predicted molar refractivity (Wildman–Crippen MR) is 54.0 cm³/mol. The zero-order valence-electron chi connectivity index (χ0n) is 8.95. The molecule has 1 aromatic heterocycles. The normalized spacial score (nSPS) is 13.2. The van der Waals surface area contributed by atoms with Crippen LogP contribution in [0.2, 0.25) is 0 Å². The van der Waals surface area contributed by atoms with Gasteiger partial charge in [0.15, 0.2) is 0 Å². The first kappa shape index (κ1) is 13.2. The summed E-state index contributed by atoms with van der Waals surface area (Å²) in [6.07, 6.45) is -3.06. The highest BCUT2D eigenvalue weighted by Crippen LogP contribution is 2.21. The van der Waals surface area contributed by atoms with Crippen molar-refractivity contribution >= 4 is 11.7 Å². The molecule has 1 rings (SSSR count). The number of rotatable bonds is 3. The van der Waals surface area contributed by atoms with Gasteiger partial charge in [-0.1, -0.05) is 0 Å². The fourth-order valence-electron chi connectivity index (χ4n) is 1.19. The van der Waals surface area contributed by atoms with Crippen molar-refractivity contribution in [2.45, 2.75) is 25.6 Å². The number of aromatic nitrogens is 2. The minimum absolute atomic E-state index is 0.0288. The standard InChI is InChI=1S/C9H11F3N4O/c1-5(2-9(10,11)12)15-8(17)6-3-14-4-7(13)16-6/h3-5H,2H2,1H3,(H2,13,16)(H,15,17). The molecule has 5 nitrogen and oxygen atoms in total. The summed E-state index contributed by atoms with van der Waals surface area (Å²) in [6, 6.07) is -1.04. The van der Waals surface area contributed by atoms with Gasteiger partial charge in [0.2, 0.25) is 0 Å². The number of halogens is 3. The van der Waals surface area contributed by atoms with E-state index in [-0.39, 0.29) is 11.5 Å². The maximum Gasteiger partial charge on any atom is 0.391 e. The lowest BCUT2D eigenvalue weighted by atomic mass is 10.2. The summed E-state index contributed by atoms with van der Waals surface area (Å²) in [7, 11) is 0. The Kier molecular flexibility index (Phi) is 3.87. The summed E-state index contributed by atoms with van der Waals surface area (Å²) >= 11 is 0. The Hall–Kier alpha value is -1.86. The van der Waals surface area contributed by atoms with Crippen LogP contribution >= 0.6 is 0 Å². The van der Waals surface area contributed by atoms with Crippen LogP contribution in [0.1, 0.15) is 23.8 Å². The average molecular weight is 248 g/mol. The third kappa shape index (κ3) is 4.66. The van der Waals surface area contributed by atoms with Crippen molar-refractivity contribution in [3.8, 4) is 0 Å². The highest BCUT2D eigenvalue weighted by molar-refractivity contribution is 5.92. The van der Waals surface area contributed by atoms with Crippen molar-refractivity contribution in [3.05, 3.63) is 18.1 Å². The van der Waals surface area contributed by atoms with Crippen LogP contribution in [0.25, 0.3) is 0 Å². The van der Waals surface area contributed by atoms with E-state index in [0.717, 1.165) is 6.20 Å². The SMILES string of the molecule is CC(CC(F)(F)F)NC(=O)c1cncc(N)n1. The molecule has 1 amide bonds. The quantitative estimate of drug-likeness (QED) is 0.840. The van der Waals surface area contributed by atoms with Gasteiger partial charge in [0.1, 0.15) is 11.5 Å². The smallest absolute Gasteiger partial charge is 0.382 e. The molecule has 1 atom stereocenters. The molecule has 1 unspecified atom stereocenters. The maximum atomic E-state index is 12.0. The number of hydrogen-bond donors (Lipinski definition) is 2. The fraction of sp³-hybridized carbons (Fsp3) is 0.444. The van der Waals surface area contributed by atoms with Gasteiger partial charge in [-0.15, -0.1) is 0 Å². The molecule has 0 radical (unpaired) electrons. The Labute approximate surface area is 95.2 Å². The number of alkyl halides is 3. The Morgan fingerprint density at radius 3 is 2.71 bits per heavy atom. The molecule has 1 aromatic rings. The first-order valence-electron chi connectivity index (χ1n) is 4.73. The molecule has 8 heteroatoms. The molecular formula is C9H11F3N4O. The van der Waals surface area contributed by atoms with E-state index >= 15 is 0 Å². The van der Waals surface area contributed by atoms with E-state index in [1.54, 1.807) is 0 Å². The van der Waals surface area contributed by atoms with Gasteiger partial charge in [-0.2, -0.15) is 13.2 Å². The van der Waals surface area contributed by atoms with E-state index in [1.807, 2.05) is 0 Å². The first-order valence-corrected chi connectivity index (χ1v) is 4.73. The monoisotopic (exact) mass is 248 g/mol. The Morgan fingerprint density at radius 2 is 2.18 bits per heavy atom. The number of nitrogens with two attached hydrogens (primary N) is 1. The van der Waals surface area contributed by atoms with Crippen LogP contribution in [0.3, 0.4) is 0 Å². The number of nitrogens with one attached hydrogen (secondary N) is 1. The van der Waals surface area contributed by atoms with Gasteiger partial charge in [-0.05, 0) is 6.92 Å². The number of hydrogen-bond acceptors (Lipinski definition) is 4. The molecule has 17 heavy (non-hydrogen) atoms. The van der Waals surface area contributed by atoms with Gasteiger partial charge >= 0.3 is 6.18 Å². The minimum atomic E-state index is -4.33. The van der Waals surface area contributed by atoms with Crippen molar-refractivity contribution in [3.63, 3.8) is 0 Å². The molecular weight excluding hydrogens is 237 g/mol. The second kappa shape index (κ2) is 4.98. The Morgan fingerprint density at radius 1 is 1.53 bits per heavy atom. The second-order valence-corrected chi connectivity index (χ2v) is 3.52. The largest absolute Gasteiger partial charge is 0.391 e. The molecule has 0 aromatic carbocycles. The molecule has 0 saturated heterocycles. The molecule has 3 N–H and O–H groups in total. The average Bonchev–Trinajstić information content (AvgIpc) is 2.14. The summed E-state index contributed by atoms with van der Waals surface area (Å²) in [5.74, 6) is -0.706. The van der Waals surface area contributed by atoms with Crippen LogP contribution < -0.4 is 11.1 Å². The van der Waals surface area contributed by atoms with Crippen LogP contribution in [0.4, 0.5) is 19.0 Å². The molecule has 0 saturated carbocycles. The summed E-state index contributed by atoms with van der Waals surface area (Å²) in [4.78, 5) is 18.7. The van der Waals surface area contributed by atoms with Crippen LogP contribution in [-0.2, 0) is 0 Å². The van der Waals surface area contributed by atoms with Gasteiger partial charge in [0.25, 0.3) is 5.91 Å².